The van der Waals surface area contributed by atoms with Gasteiger partial charge in [-0.3, -0.25) is 4.79 Å². The molecular weight excluding hydrogens is 238 g/mol. The lowest BCUT2D eigenvalue weighted by atomic mass is 10.1. The van der Waals surface area contributed by atoms with Gasteiger partial charge >= 0.3 is 5.97 Å². The van der Waals surface area contributed by atoms with Gasteiger partial charge in [-0.2, -0.15) is 0 Å². The van der Waals surface area contributed by atoms with E-state index in [-0.39, 0.29) is 6.42 Å². The number of methoxy groups -OCH3 is 1. The van der Waals surface area contributed by atoms with Gasteiger partial charge in [-0.1, -0.05) is 16.9 Å². The lowest BCUT2D eigenvalue weighted by Crippen LogP contribution is -2.42. The van der Waals surface area contributed by atoms with Crippen LogP contribution in [0, 0.1) is 6.92 Å². The molecule has 0 aliphatic carbocycles. The monoisotopic (exact) mass is 251 g/mol. The van der Waals surface area contributed by atoms with Crippen molar-refractivity contribution in [1.29, 1.82) is 0 Å². The highest BCUT2D eigenvalue weighted by Crippen LogP contribution is 2.05. The number of aryl methyl sites for hydroxylation is 1. The molecule has 18 heavy (non-hydrogen) atoms. The highest BCUT2D eigenvalue weighted by atomic mass is 16.6. The van der Waals surface area contributed by atoms with Gasteiger partial charge in [0.15, 0.2) is 0 Å². The van der Waals surface area contributed by atoms with E-state index in [0.29, 0.717) is 11.4 Å². The van der Waals surface area contributed by atoms with Crippen LogP contribution in [0.2, 0.25) is 0 Å². The number of hydrogen-bond acceptors (Lipinski definition) is 6. The summed E-state index contributed by atoms with van der Waals surface area (Å²) in [5.41, 5.74) is 3.35. The fourth-order valence-electron chi connectivity index (χ4n) is 1.27. The zero-order valence-corrected chi connectivity index (χ0v) is 10.1. The van der Waals surface area contributed by atoms with Gasteiger partial charge in [0.1, 0.15) is 17.4 Å². The van der Waals surface area contributed by atoms with Crippen LogP contribution in [0.1, 0.15) is 11.4 Å². The van der Waals surface area contributed by atoms with Gasteiger partial charge in [-0.05, 0) is 6.92 Å². The summed E-state index contributed by atoms with van der Waals surface area (Å²) in [5, 5.41) is 9.68. The molecule has 0 spiro atoms. The highest BCUT2D eigenvalue weighted by Gasteiger charge is 2.23. The van der Waals surface area contributed by atoms with Gasteiger partial charge in [-0.15, -0.1) is 5.73 Å². The molecule has 0 fully saturated rings. The summed E-state index contributed by atoms with van der Waals surface area (Å²) in [7, 11) is 1.23. The van der Waals surface area contributed by atoms with Crippen molar-refractivity contribution < 1.29 is 19.0 Å². The van der Waals surface area contributed by atoms with Gasteiger partial charge in [0, 0.05) is 12.5 Å². The maximum Gasteiger partial charge on any atom is 0.328 e. The molecule has 1 atom stereocenters. The average molecular weight is 251 g/mol. The maximum absolute atomic E-state index is 11.5. The molecule has 1 N–H and O–H groups in total. The number of carbonyl (C=O) groups excluding carboxylic acids is 2. The Hall–Kier alpha value is -2.40. The summed E-state index contributed by atoms with van der Waals surface area (Å²) in [5.74, 6) is -1.07. The van der Waals surface area contributed by atoms with Crippen molar-refractivity contribution in [2.75, 3.05) is 7.11 Å². The third kappa shape index (κ3) is 3.57. The van der Waals surface area contributed by atoms with Crippen molar-refractivity contribution in [3.63, 3.8) is 0 Å². The number of rotatable bonds is 5. The number of nitrogens with one attached hydrogen (secondary N) is 1. The summed E-state index contributed by atoms with van der Waals surface area (Å²) in [6.45, 7) is 4.95. The van der Waals surface area contributed by atoms with Gasteiger partial charge in [-0.25, -0.2) is 9.42 Å². The Balaban J connectivity index is 2.79. The molecule has 7 nitrogen and oxygen atoms in total. The zero-order chi connectivity index (χ0) is 13.5. The first-order valence-corrected chi connectivity index (χ1v) is 5.10. The van der Waals surface area contributed by atoms with Crippen molar-refractivity contribution >= 4 is 11.9 Å². The van der Waals surface area contributed by atoms with Gasteiger partial charge < -0.3 is 10.1 Å². The molecule has 0 saturated heterocycles. The van der Waals surface area contributed by atoms with Crippen LogP contribution in [0.4, 0.5) is 0 Å². The largest absolute Gasteiger partial charge is 0.467 e. The molecule has 0 aliphatic heterocycles. The van der Waals surface area contributed by atoms with E-state index in [0.717, 1.165) is 6.08 Å². The van der Waals surface area contributed by atoms with E-state index in [1.54, 1.807) is 6.92 Å². The first kappa shape index (κ1) is 13.7. The second kappa shape index (κ2) is 6.36. The van der Waals surface area contributed by atoms with E-state index in [1.807, 2.05) is 0 Å². The van der Waals surface area contributed by atoms with E-state index in [1.165, 1.54) is 7.11 Å². The van der Waals surface area contributed by atoms with E-state index < -0.39 is 17.9 Å². The van der Waals surface area contributed by atoms with Crippen LogP contribution in [0.3, 0.4) is 0 Å². The fraction of sp³-hybridized carbons (Fsp3) is 0.364. The van der Waals surface area contributed by atoms with Crippen LogP contribution >= 0.6 is 0 Å². The van der Waals surface area contributed by atoms with Crippen molar-refractivity contribution in [2.24, 2.45) is 0 Å². The van der Waals surface area contributed by atoms with E-state index in [9.17, 15) is 9.59 Å². The minimum Gasteiger partial charge on any atom is -0.467 e. The van der Waals surface area contributed by atoms with Gasteiger partial charge in [0.05, 0.1) is 7.11 Å². The van der Waals surface area contributed by atoms with Crippen molar-refractivity contribution in [3.05, 3.63) is 29.8 Å². The predicted molar refractivity (Wildman–Crippen MR) is 60.4 cm³/mol. The van der Waals surface area contributed by atoms with Crippen LogP contribution in [0.5, 0.6) is 0 Å². The van der Waals surface area contributed by atoms with Crippen LogP contribution in [-0.4, -0.2) is 35.3 Å². The summed E-state index contributed by atoms with van der Waals surface area (Å²) in [4.78, 5) is 22.9. The molecule has 1 unspecified atom stereocenters. The quantitative estimate of drug-likeness (QED) is 0.447. The number of hydrogen-bond donors (Lipinski definition) is 1. The topological polar surface area (TPSA) is 94.3 Å². The third-order valence-corrected chi connectivity index (χ3v) is 2.18. The zero-order valence-electron chi connectivity index (χ0n) is 10.1. The predicted octanol–water partition coefficient (Wildman–Crippen LogP) is -0.0806. The Morgan fingerprint density at radius 3 is 2.83 bits per heavy atom. The minimum absolute atomic E-state index is 0.138. The lowest BCUT2D eigenvalue weighted by molar-refractivity contribution is -0.144. The van der Waals surface area contributed by atoms with Gasteiger partial charge in [0.2, 0.25) is 0 Å². The number of amides is 1. The maximum atomic E-state index is 11.5. The normalized spacial score (nSPS) is 11.2. The van der Waals surface area contributed by atoms with E-state index in [4.69, 9.17) is 0 Å². The Morgan fingerprint density at radius 2 is 2.33 bits per heavy atom. The lowest BCUT2D eigenvalue weighted by Gasteiger charge is -2.13. The Morgan fingerprint density at radius 1 is 1.61 bits per heavy atom. The van der Waals surface area contributed by atoms with Crippen molar-refractivity contribution in [2.45, 2.75) is 19.4 Å². The average Bonchev–Trinajstić information content (AvgIpc) is 2.73. The van der Waals surface area contributed by atoms with Crippen LogP contribution in [0.25, 0.3) is 0 Å². The summed E-state index contributed by atoms with van der Waals surface area (Å²) < 4.78 is 9.11. The molecule has 0 aromatic carbocycles. The Kier molecular flexibility index (Phi) is 4.83. The molecule has 0 bridgehead atoms. The first-order valence-electron chi connectivity index (χ1n) is 5.10. The van der Waals surface area contributed by atoms with Crippen LogP contribution in [0.15, 0.2) is 23.0 Å². The summed E-state index contributed by atoms with van der Waals surface area (Å²) in [6.07, 6.45) is 1.22. The van der Waals surface area contributed by atoms with Crippen molar-refractivity contribution in [3.8, 4) is 0 Å². The molecule has 1 aromatic heterocycles. The minimum atomic E-state index is -0.863. The molecule has 1 amide bonds. The number of nitrogens with zero attached hydrogens (tertiary/aromatic N) is 2. The molecule has 0 aliphatic rings. The number of carbonyl (C=O) groups is 2. The fourth-order valence-corrected chi connectivity index (χ4v) is 1.27. The molecule has 1 rings (SSSR count). The first-order chi connectivity index (χ1) is 8.58. The van der Waals surface area contributed by atoms with Crippen LogP contribution in [-0.2, 0) is 20.7 Å². The number of esters is 1. The molecule has 7 heteroatoms. The Labute approximate surface area is 103 Å². The SMILES string of the molecule is C=C=CC(=O)NC(Cc1nonc1C)C(=O)OC. The summed E-state index contributed by atoms with van der Waals surface area (Å²) >= 11 is 0. The van der Waals surface area contributed by atoms with E-state index >= 15 is 0 Å². The van der Waals surface area contributed by atoms with Crippen LogP contribution < -0.4 is 5.32 Å². The molecular formula is C11H13N3O4. The molecule has 1 heterocycles. The second-order valence-electron chi connectivity index (χ2n) is 3.43. The molecule has 96 valence electrons. The van der Waals surface area contributed by atoms with Crippen molar-refractivity contribution in [1.82, 2.24) is 15.6 Å². The smallest absolute Gasteiger partial charge is 0.328 e. The van der Waals surface area contributed by atoms with E-state index in [2.05, 4.69) is 37.3 Å². The standard InChI is InChI=1S/C11H13N3O4/c1-4-5-10(15)12-9(11(16)17-3)6-8-7(2)13-18-14-8/h5,9H,1,6H2,2-3H3,(H,12,15). The second-order valence-corrected chi connectivity index (χ2v) is 3.43. The van der Waals surface area contributed by atoms with Gasteiger partial charge in [0.25, 0.3) is 5.91 Å². The highest BCUT2D eigenvalue weighted by molar-refractivity contribution is 5.91. The molecule has 0 saturated carbocycles. The molecule has 1 aromatic rings. The Bertz CT molecular complexity index is 488. The molecule has 0 radical (unpaired) electrons. The number of aromatic nitrogens is 2. The third-order valence-electron chi connectivity index (χ3n) is 2.18. The number of ether oxygens (including phenoxy) is 1. The summed E-state index contributed by atoms with van der Waals surface area (Å²) in [6, 6.07) is -0.863.